The number of rotatable bonds is 5. The van der Waals surface area contributed by atoms with Gasteiger partial charge in [0.05, 0.1) is 11.3 Å². The first-order chi connectivity index (χ1) is 10.00. The van der Waals surface area contributed by atoms with Crippen molar-refractivity contribution in [2.75, 3.05) is 11.9 Å². The summed E-state index contributed by atoms with van der Waals surface area (Å²) in [6.45, 7) is 0.598. The highest BCUT2D eigenvalue weighted by molar-refractivity contribution is 6.00. The monoisotopic (exact) mass is 292 g/mol. The van der Waals surface area contributed by atoms with Gasteiger partial charge >= 0.3 is 12.0 Å². The van der Waals surface area contributed by atoms with Crippen LogP contribution in [0.15, 0.2) is 18.2 Å². The molecule has 1 aromatic rings. The zero-order valence-electron chi connectivity index (χ0n) is 11.5. The SMILES string of the molecule is O=C(NCC1(C2CC2)CC1)Nc1cc(F)ccc1C(=O)O. The molecule has 1 aromatic carbocycles. The van der Waals surface area contributed by atoms with E-state index >= 15 is 0 Å². The van der Waals surface area contributed by atoms with E-state index in [-0.39, 0.29) is 16.7 Å². The lowest BCUT2D eigenvalue weighted by atomic mass is 10.0. The molecule has 2 aliphatic rings. The lowest BCUT2D eigenvalue weighted by molar-refractivity contribution is 0.0698. The van der Waals surface area contributed by atoms with Crippen molar-refractivity contribution in [1.82, 2.24) is 5.32 Å². The number of carboxylic acids is 1. The van der Waals surface area contributed by atoms with Crippen molar-refractivity contribution in [3.8, 4) is 0 Å². The summed E-state index contributed by atoms with van der Waals surface area (Å²) in [4.78, 5) is 22.9. The summed E-state index contributed by atoms with van der Waals surface area (Å²) in [6.07, 6.45) is 4.74. The molecule has 5 nitrogen and oxygen atoms in total. The van der Waals surface area contributed by atoms with Gasteiger partial charge in [-0.25, -0.2) is 14.0 Å². The summed E-state index contributed by atoms with van der Waals surface area (Å²) < 4.78 is 13.2. The molecule has 112 valence electrons. The number of hydrogen-bond donors (Lipinski definition) is 3. The number of aromatic carboxylic acids is 1. The maximum Gasteiger partial charge on any atom is 0.337 e. The summed E-state index contributed by atoms with van der Waals surface area (Å²) in [5.74, 6) is -1.07. The smallest absolute Gasteiger partial charge is 0.337 e. The van der Waals surface area contributed by atoms with E-state index in [0.29, 0.717) is 6.54 Å². The summed E-state index contributed by atoms with van der Waals surface area (Å²) in [5.41, 5.74) is 0.0979. The van der Waals surface area contributed by atoms with Crippen LogP contribution in [0.1, 0.15) is 36.0 Å². The highest BCUT2D eigenvalue weighted by Gasteiger charge is 2.53. The van der Waals surface area contributed by atoms with Crippen LogP contribution in [-0.4, -0.2) is 23.7 Å². The number of amides is 2. The van der Waals surface area contributed by atoms with Crippen molar-refractivity contribution in [2.45, 2.75) is 25.7 Å². The lowest BCUT2D eigenvalue weighted by Gasteiger charge is -2.16. The zero-order chi connectivity index (χ0) is 15.0. The van der Waals surface area contributed by atoms with Crippen LogP contribution in [-0.2, 0) is 0 Å². The Morgan fingerprint density at radius 2 is 2.05 bits per heavy atom. The van der Waals surface area contributed by atoms with Crippen LogP contribution in [0.3, 0.4) is 0 Å². The molecule has 2 fully saturated rings. The molecule has 2 amide bonds. The highest BCUT2D eigenvalue weighted by Crippen LogP contribution is 2.60. The molecule has 0 aliphatic heterocycles. The van der Waals surface area contributed by atoms with Crippen LogP contribution in [0, 0.1) is 17.2 Å². The van der Waals surface area contributed by atoms with Crippen LogP contribution < -0.4 is 10.6 Å². The molecular formula is C15H17FN2O3. The van der Waals surface area contributed by atoms with Gasteiger partial charge in [-0.2, -0.15) is 0 Å². The van der Waals surface area contributed by atoms with Gasteiger partial charge in [0.15, 0.2) is 0 Å². The van der Waals surface area contributed by atoms with E-state index in [1.54, 1.807) is 0 Å². The fraction of sp³-hybridized carbons (Fsp3) is 0.467. The number of carbonyl (C=O) groups is 2. The van der Waals surface area contributed by atoms with E-state index in [4.69, 9.17) is 5.11 Å². The molecule has 0 aromatic heterocycles. The molecule has 0 spiro atoms. The normalized spacial score (nSPS) is 18.9. The Morgan fingerprint density at radius 1 is 1.33 bits per heavy atom. The second-order valence-electron chi connectivity index (χ2n) is 5.94. The number of nitrogens with one attached hydrogen (secondary N) is 2. The summed E-state index contributed by atoms with van der Waals surface area (Å²) in [7, 11) is 0. The minimum Gasteiger partial charge on any atom is -0.478 e. The predicted octanol–water partition coefficient (Wildman–Crippen LogP) is 2.84. The molecule has 0 heterocycles. The number of carboxylic acid groups (broad SMARTS) is 1. The molecule has 0 saturated heterocycles. The highest BCUT2D eigenvalue weighted by atomic mass is 19.1. The largest absolute Gasteiger partial charge is 0.478 e. The Bertz CT molecular complexity index is 595. The zero-order valence-corrected chi connectivity index (χ0v) is 11.5. The molecule has 0 bridgehead atoms. The van der Waals surface area contributed by atoms with Crippen molar-refractivity contribution >= 4 is 17.7 Å². The molecule has 0 unspecified atom stereocenters. The van der Waals surface area contributed by atoms with Gasteiger partial charge in [0.2, 0.25) is 0 Å². The van der Waals surface area contributed by atoms with Crippen LogP contribution in [0.4, 0.5) is 14.9 Å². The first-order valence-corrected chi connectivity index (χ1v) is 7.08. The Kier molecular flexibility index (Phi) is 3.31. The van der Waals surface area contributed by atoms with Gasteiger partial charge in [0.25, 0.3) is 0 Å². The first-order valence-electron chi connectivity index (χ1n) is 7.08. The molecule has 0 atom stereocenters. The molecule has 0 radical (unpaired) electrons. The fourth-order valence-corrected chi connectivity index (χ4v) is 2.81. The van der Waals surface area contributed by atoms with E-state index in [2.05, 4.69) is 10.6 Å². The Labute approximate surface area is 121 Å². The van der Waals surface area contributed by atoms with Crippen LogP contribution >= 0.6 is 0 Å². The molecule has 2 aliphatic carbocycles. The van der Waals surface area contributed by atoms with Gasteiger partial charge < -0.3 is 15.7 Å². The molecule has 3 rings (SSSR count). The molecular weight excluding hydrogens is 275 g/mol. The number of urea groups is 1. The quantitative estimate of drug-likeness (QED) is 0.781. The number of anilines is 1. The van der Waals surface area contributed by atoms with E-state index in [9.17, 15) is 14.0 Å². The number of hydrogen-bond acceptors (Lipinski definition) is 2. The third-order valence-electron chi connectivity index (χ3n) is 4.40. The van der Waals surface area contributed by atoms with Gasteiger partial charge in [-0.15, -0.1) is 0 Å². The van der Waals surface area contributed by atoms with Crippen molar-refractivity contribution in [3.05, 3.63) is 29.6 Å². The fourth-order valence-electron chi connectivity index (χ4n) is 2.81. The number of carbonyl (C=O) groups excluding carboxylic acids is 1. The van der Waals surface area contributed by atoms with Crippen LogP contribution in [0.25, 0.3) is 0 Å². The third-order valence-corrected chi connectivity index (χ3v) is 4.40. The van der Waals surface area contributed by atoms with Crippen LogP contribution in [0.2, 0.25) is 0 Å². The van der Waals surface area contributed by atoms with Gasteiger partial charge in [0, 0.05) is 6.54 Å². The summed E-state index contributed by atoms with van der Waals surface area (Å²) in [6, 6.07) is 2.71. The minimum atomic E-state index is -1.21. The average Bonchev–Trinajstić information content (AvgIpc) is 3.28. The van der Waals surface area contributed by atoms with Crippen molar-refractivity contribution in [2.24, 2.45) is 11.3 Å². The standard InChI is InChI=1S/C15H17FN2O3/c16-10-3-4-11(13(19)20)12(7-10)18-14(21)17-8-15(5-6-15)9-1-2-9/h3-4,7,9H,1-2,5-6,8H2,(H,19,20)(H2,17,18,21). The Morgan fingerprint density at radius 3 is 2.62 bits per heavy atom. The topological polar surface area (TPSA) is 78.4 Å². The lowest BCUT2D eigenvalue weighted by Crippen LogP contribution is -2.35. The second-order valence-corrected chi connectivity index (χ2v) is 5.94. The van der Waals surface area contributed by atoms with E-state index in [1.807, 2.05) is 0 Å². The summed E-state index contributed by atoms with van der Waals surface area (Å²) in [5, 5.41) is 14.2. The van der Waals surface area contributed by atoms with Gasteiger partial charge in [-0.05, 0) is 55.2 Å². The minimum absolute atomic E-state index is 0.0312. The van der Waals surface area contributed by atoms with Gasteiger partial charge in [-0.3, -0.25) is 0 Å². The first kappa shape index (κ1) is 13.9. The van der Waals surface area contributed by atoms with Crippen molar-refractivity contribution in [3.63, 3.8) is 0 Å². The number of benzene rings is 1. The van der Waals surface area contributed by atoms with Crippen molar-refractivity contribution < 1.29 is 19.1 Å². The van der Waals surface area contributed by atoms with E-state index in [1.165, 1.54) is 12.8 Å². The third kappa shape index (κ3) is 2.99. The van der Waals surface area contributed by atoms with E-state index < -0.39 is 17.8 Å². The number of halogens is 1. The Hall–Kier alpha value is -2.11. The van der Waals surface area contributed by atoms with Gasteiger partial charge in [-0.1, -0.05) is 0 Å². The maximum absolute atomic E-state index is 13.2. The Balaban J connectivity index is 1.61. The van der Waals surface area contributed by atoms with Crippen molar-refractivity contribution in [1.29, 1.82) is 0 Å². The maximum atomic E-state index is 13.2. The molecule has 3 N–H and O–H groups in total. The molecule has 6 heteroatoms. The van der Waals surface area contributed by atoms with Crippen LogP contribution in [0.5, 0.6) is 0 Å². The second kappa shape index (κ2) is 5.02. The summed E-state index contributed by atoms with van der Waals surface area (Å²) >= 11 is 0. The van der Waals surface area contributed by atoms with E-state index in [0.717, 1.165) is 37.0 Å². The molecule has 21 heavy (non-hydrogen) atoms. The molecule has 2 saturated carbocycles. The predicted molar refractivity (Wildman–Crippen MR) is 74.8 cm³/mol. The average molecular weight is 292 g/mol. The van der Waals surface area contributed by atoms with Gasteiger partial charge in [0.1, 0.15) is 5.82 Å².